The fourth-order valence-corrected chi connectivity index (χ4v) is 2.07. The summed E-state index contributed by atoms with van der Waals surface area (Å²) in [6, 6.07) is 3.39. The topological polar surface area (TPSA) is 55.1 Å². The Morgan fingerprint density at radius 3 is 2.93 bits per heavy atom. The van der Waals surface area contributed by atoms with E-state index in [9.17, 15) is 4.79 Å². The first kappa shape index (κ1) is 9.29. The van der Waals surface area contributed by atoms with Crippen LogP contribution in [0.3, 0.4) is 0 Å². The number of nitrogens with zero attached hydrogens (tertiary/aromatic N) is 2. The van der Waals surface area contributed by atoms with Crippen molar-refractivity contribution in [1.29, 1.82) is 0 Å². The van der Waals surface area contributed by atoms with Crippen molar-refractivity contribution in [3.8, 4) is 11.3 Å². The van der Waals surface area contributed by atoms with Crippen LogP contribution < -0.4 is 0 Å². The van der Waals surface area contributed by atoms with Crippen molar-refractivity contribution in [3.63, 3.8) is 0 Å². The Bertz CT molecular complexity index is 475. The molecule has 1 N–H and O–H groups in total. The molecule has 6 heteroatoms. The van der Waals surface area contributed by atoms with Gasteiger partial charge in [0.2, 0.25) is 0 Å². The lowest BCUT2D eigenvalue weighted by Crippen LogP contribution is -1.90. The van der Waals surface area contributed by atoms with Gasteiger partial charge in [-0.05, 0) is 24.9 Å². The van der Waals surface area contributed by atoms with E-state index in [1.807, 2.05) is 0 Å². The van der Waals surface area contributed by atoms with Crippen LogP contribution in [-0.4, -0.2) is 20.3 Å². The van der Waals surface area contributed by atoms with E-state index in [1.54, 1.807) is 23.7 Å². The number of aromatic carboxylic acids is 1. The number of thiol groups is 1. The second-order valence-corrected chi connectivity index (χ2v) is 3.90. The number of hydrogen-bond donors (Lipinski definition) is 2. The number of aromatic nitrogens is 2. The van der Waals surface area contributed by atoms with Gasteiger partial charge in [-0.15, -0.1) is 11.3 Å². The van der Waals surface area contributed by atoms with Crippen molar-refractivity contribution in [2.24, 2.45) is 0 Å². The molecule has 2 heterocycles. The summed E-state index contributed by atoms with van der Waals surface area (Å²) < 4.78 is 1.41. The van der Waals surface area contributed by atoms with Gasteiger partial charge < -0.3 is 5.11 Å². The fraction of sp³-hybridized carbons (Fsp3) is 0. The van der Waals surface area contributed by atoms with Gasteiger partial charge in [0.05, 0.1) is 11.9 Å². The maximum atomic E-state index is 10.6. The first-order valence-corrected chi connectivity index (χ1v) is 5.02. The molecule has 0 saturated carbocycles. The van der Waals surface area contributed by atoms with Gasteiger partial charge in [-0.1, -0.05) is 0 Å². The Balaban J connectivity index is 2.43. The zero-order chi connectivity index (χ0) is 10.1. The van der Waals surface area contributed by atoms with E-state index in [2.05, 4.69) is 17.9 Å². The summed E-state index contributed by atoms with van der Waals surface area (Å²) in [4.78, 5) is 11.0. The van der Waals surface area contributed by atoms with Crippen LogP contribution in [0.25, 0.3) is 11.3 Å². The average molecular weight is 226 g/mol. The molecule has 2 rings (SSSR count). The maximum Gasteiger partial charge on any atom is 0.345 e. The van der Waals surface area contributed by atoms with Gasteiger partial charge in [-0.25, -0.2) is 8.88 Å². The maximum absolute atomic E-state index is 10.6. The summed E-state index contributed by atoms with van der Waals surface area (Å²) >= 11 is 5.27. The van der Waals surface area contributed by atoms with Crippen LogP contribution in [0.4, 0.5) is 0 Å². The second kappa shape index (κ2) is 3.47. The molecule has 0 aliphatic heterocycles. The largest absolute Gasteiger partial charge is 0.477 e. The van der Waals surface area contributed by atoms with Crippen LogP contribution >= 0.6 is 24.2 Å². The zero-order valence-electron chi connectivity index (χ0n) is 6.91. The minimum Gasteiger partial charge on any atom is -0.477 e. The fourth-order valence-electron chi connectivity index (χ4n) is 1.09. The van der Waals surface area contributed by atoms with Crippen LogP contribution in [0, 0.1) is 0 Å². The Morgan fingerprint density at radius 2 is 2.43 bits per heavy atom. The molecule has 0 aliphatic rings. The lowest BCUT2D eigenvalue weighted by atomic mass is 10.2. The van der Waals surface area contributed by atoms with E-state index in [0.717, 1.165) is 11.3 Å². The molecule has 4 nitrogen and oxygen atoms in total. The SMILES string of the molecule is O=C(O)c1cc(-c2ccnn2S)cs1. The molecule has 0 saturated heterocycles. The lowest BCUT2D eigenvalue weighted by Gasteiger charge is -1.94. The molecule has 2 aromatic rings. The summed E-state index contributed by atoms with van der Waals surface area (Å²) in [5.41, 5.74) is 1.61. The third kappa shape index (κ3) is 1.53. The van der Waals surface area contributed by atoms with Crippen molar-refractivity contribution >= 4 is 30.1 Å². The van der Waals surface area contributed by atoms with Gasteiger partial charge in [0.15, 0.2) is 0 Å². The van der Waals surface area contributed by atoms with Crippen LogP contribution in [0.1, 0.15) is 9.67 Å². The first-order valence-electron chi connectivity index (χ1n) is 3.74. The van der Waals surface area contributed by atoms with Crippen LogP contribution in [0.2, 0.25) is 0 Å². The molecule has 0 radical (unpaired) electrons. The van der Waals surface area contributed by atoms with Crippen molar-refractivity contribution < 1.29 is 9.90 Å². The number of carboxylic acid groups (broad SMARTS) is 1. The van der Waals surface area contributed by atoms with Crippen LogP contribution in [0.5, 0.6) is 0 Å². The molecule has 0 atom stereocenters. The highest BCUT2D eigenvalue weighted by molar-refractivity contribution is 7.78. The molecule has 0 fully saturated rings. The molecule has 14 heavy (non-hydrogen) atoms. The predicted octanol–water partition coefficient (Wildman–Crippen LogP) is 2.00. The Kier molecular flexibility index (Phi) is 2.30. The molecule has 0 bridgehead atoms. The number of carbonyl (C=O) groups is 1. The highest BCUT2D eigenvalue weighted by Gasteiger charge is 2.10. The average Bonchev–Trinajstić information content (AvgIpc) is 2.71. The molecule has 0 amide bonds. The van der Waals surface area contributed by atoms with Gasteiger partial charge in [-0.3, -0.25) is 0 Å². The number of rotatable bonds is 2. The molecule has 0 aliphatic carbocycles. The Labute approximate surface area is 89.3 Å². The Hall–Kier alpha value is -1.27. The van der Waals surface area contributed by atoms with Crippen molar-refractivity contribution in [2.75, 3.05) is 0 Å². The summed E-state index contributed by atoms with van der Waals surface area (Å²) in [6.45, 7) is 0. The van der Waals surface area contributed by atoms with Crippen molar-refractivity contribution in [2.45, 2.75) is 0 Å². The van der Waals surface area contributed by atoms with E-state index in [4.69, 9.17) is 5.11 Å². The van der Waals surface area contributed by atoms with E-state index in [0.29, 0.717) is 4.88 Å². The highest BCUT2D eigenvalue weighted by atomic mass is 32.1. The monoisotopic (exact) mass is 226 g/mol. The zero-order valence-corrected chi connectivity index (χ0v) is 8.63. The van der Waals surface area contributed by atoms with Crippen molar-refractivity contribution in [1.82, 2.24) is 9.19 Å². The normalized spacial score (nSPS) is 10.4. The van der Waals surface area contributed by atoms with Crippen molar-refractivity contribution in [3.05, 3.63) is 28.6 Å². The third-order valence-electron chi connectivity index (χ3n) is 1.73. The Morgan fingerprint density at radius 1 is 1.64 bits per heavy atom. The summed E-state index contributed by atoms with van der Waals surface area (Å²) in [5, 5.41) is 14.4. The lowest BCUT2D eigenvalue weighted by molar-refractivity contribution is 0.0702. The number of hydrogen-bond acceptors (Lipinski definition) is 4. The van der Waals surface area contributed by atoms with Gasteiger partial charge in [0.25, 0.3) is 0 Å². The van der Waals surface area contributed by atoms with E-state index < -0.39 is 5.97 Å². The molecular weight excluding hydrogens is 220 g/mol. The first-order chi connectivity index (χ1) is 6.68. The van der Waals surface area contributed by atoms with Gasteiger partial charge >= 0.3 is 5.97 Å². The second-order valence-electron chi connectivity index (χ2n) is 2.61. The standard InChI is InChI=1S/C8H6N2O2S2/c11-8(12)7-3-5(4-14-7)6-1-2-9-10(6)13/h1-4,13H,(H,11,12). The molecule has 0 aromatic carbocycles. The van der Waals surface area contributed by atoms with E-state index >= 15 is 0 Å². The number of thiophene rings is 1. The number of carboxylic acids is 1. The van der Waals surface area contributed by atoms with Crippen LogP contribution in [0.15, 0.2) is 23.7 Å². The molecular formula is C8H6N2O2S2. The smallest absolute Gasteiger partial charge is 0.345 e. The van der Waals surface area contributed by atoms with Gasteiger partial charge in [0, 0.05) is 10.9 Å². The molecule has 72 valence electrons. The third-order valence-corrected chi connectivity index (χ3v) is 2.97. The molecule has 0 unspecified atom stereocenters. The summed E-state index contributed by atoms with van der Waals surface area (Å²) in [7, 11) is 0. The molecule has 0 spiro atoms. The minimum atomic E-state index is -0.911. The summed E-state index contributed by atoms with van der Waals surface area (Å²) in [6.07, 6.45) is 1.61. The molecule has 2 aromatic heterocycles. The van der Waals surface area contributed by atoms with E-state index in [-0.39, 0.29) is 0 Å². The minimum absolute atomic E-state index is 0.314. The van der Waals surface area contributed by atoms with Crippen LogP contribution in [-0.2, 0) is 0 Å². The quantitative estimate of drug-likeness (QED) is 0.770. The summed E-state index contributed by atoms with van der Waals surface area (Å²) in [5.74, 6) is -0.911. The highest BCUT2D eigenvalue weighted by Crippen LogP contribution is 2.25. The van der Waals surface area contributed by atoms with E-state index in [1.165, 1.54) is 15.4 Å². The van der Waals surface area contributed by atoms with Gasteiger partial charge in [-0.2, -0.15) is 5.10 Å². The predicted molar refractivity (Wildman–Crippen MR) is 56.9 cm³/mol. The van der Waals surface area contributed by atoms with Gasteiger partial charge in [0.1, 0.15) is 4.88 Å².